The maximum atomic E-state index is 11.8. The minimum Gasteiger partial charge on any atom is -0.463 e. The van der Waals surface area contributed by atoms with E-state index in [0.29, 0.717) is 6.61 Å². The van der Waals surface area contributed by atoms with E-state index in [1.54, 1.807) is 0 Å². The van der Waals surface area contributed by atoms with E-state index in [4.69, 9.17) is 23.7 Å². The number of nitrogens with one attached hydrogen (secondary N) is 1. The van der Waals surface area contributed by atoms with Gasteiger partial charge < -0.3 is 29.0 Å². The zero-order valence-electron chi connectivity index (χ0n) is 17.6. The molecule has 1 amide bonds. The number of rotatable bonds is 10. The Bertz CT molecular complexity index is 580. The summed E-state index contributed by atoms with van der Waals surface area (Å²) in [5.74, 6) is -2.24. The highest BCUT2D eigenvalue weighted by Gasteiger charge is 2.51. The topological polar surface area (TPSA) is 126 Å². The minimum absolute atomic E-state index is 0.243. The van der Waals surface area contributed by atoms with Crippen LogP contribution in [-0.4, -0.2) is 67.7 Å². The van der Waals surface area contributed by atoms with Crippen LogP contribution in [0.25, 0.3) is 0 Å². The smallest absolute Gasteiger partial charge is 0.303 e. The van der Waals surface area contributed by atoms with Crippen LogP contribution in [0.15, 0.2) is 0 Å². The molecular weight excluding hydrogens is 386 g/mol. The molecule has 0 aliphatic carbocycles. The Morgan fingerprint density at radius 3 is 2.03 bits per heavy atom. The average molecular weight is 417 g/mol. The fourth-order valence-corrected chi connectivity index (χ4v) is 2.98. The van der Waals surface area contributed by atoms with E-state index in [1.807, 2.05) is 6.92 Å². The summed E-state index contributed by atoms with van der Waals surface area (Å²) in [4.78, 5) is 46.3. The van der Waals surface area contributed by atoms with Gasteiger partial charge in [0.2, 0.25) is 5.91 Å². The zero-order chi connectivity index (χ0) is 22.0. The highest BCUT2D eigenvalue weighted by atomic mass is 16.7. The van der Waals surface area contributed by atoms with Crippen molar-refractivity contribution in [2.45, 2.75) is 84.5 Å². The molecule has 1 heterocycles. The van der Waals surface area contributed by atoms with Crippen LogP contribution in [-0.2, 0) is 42.9 Å². The first-order valence-electron chi connectivity index (χ1n) is 9.67. The normalized spacial score (nSPS) is 26.3. The number of hydrogen-bond acceptors (Lipinski definition) is 9. The van der Waals surface area contributed by atoms with E-state index in [9.17, 15) is 19.2 Å². The molecule has 5 atom stereocenters. The summed E-state index contributed by atoms with van der Waals surface area (Å²) < 4.78 is 27.4. The minimum atomic E-state index is -1.11. The highest BCUT2D eigenvalue weighted by molar-refractivity contribution is 5.73. The Balaban J connectivity index is 3.17. The standard InChI is InChI=1S/C19H31NO9/c1-6-7-8-9-25-19-16(20-11(2)21)18(28-14(5)24)17(27-13(4)23)15(29-19)10-26-12(3)22/h15-19H,6-10H2,1-5H3,(H,20,21)/t15-,16-,17+,18-,19+/m0/s1. The lowest BCUT2D eigenvalue weighted by Crippen LogP contribution is -2.66. The van der Waals surface area contributed by atoms with Gasteiger partial charge in [-0.3, -0.25) is 19.2 Å². The van der Waals surface area contributed by atoms with Crippen LogP contribution in [0.5, 0.6) is 0 Å². The van der Waals surface area contributed by atoms with Crippen molar-refractivity contribution in [3.63, 3.8) is 0 Å². The Hall–Kier alpha value is -2.20. The van der Waals surface area contributed by atoms with Crippen LogP contribution in [0.1, 0.15) is 53.9 Å². The zero-order valence-corrected chi connectivity index (χ0v) is 17.6. The van der Waals surface area contributed by atoms with Crippen molar-refractivity contribution in [1.82, 2.24) is 5.32 Å². The van der Waals surface area contributed by atoms with E-state index >= 15 is 0 Å². The van der Waals surface area contributed by atoms with Gasteiger partial charge in [0.15, 0.2) is 18.5 Å². The molecule has 0 aromatic heterocycles. The van der Waals surface area contributed by atoms with Gasteiger partial charge in [-0.1, -0.05) is 19.8 Å². The quantitative estimate of drug-likeness (QED) is 0.313. The van der Waals surface area contributed by atoms with E-state index in [1.165, 1.54) is 27.7 Å². The summed E-state index contributed by atoms with van der Waals surface area (Å²) in [6.07, 6.45) is -1.44. The summed E-state index contributed by atoms with van der Waals surface area (Å²) in [5.41, 5.74) is 0. The monoisotopic (exact) mass is 417 g/mol. The van der Waals surface area contributed by atoms with Crippen LogP contribution < -0.4 is 5.32 Å². The van der Waals surface area contributed by atoms with E-state index in [2.05, 4.69) is 5.32 Å². The van der Waals surface area contributed by atoms with Gasteiger partial charge in [0.05, 0.1) is 0 Å². The van der Waals surface area contributed by atoms with Gasteiger partial charge in [0.25, 0.3) is 0 Å². The number of carbonyl (C=O) groups is 4. The van der Waals surface area contributed by atoms with Gasteiger partial charge >= 0.3 is 17.9 Å². The third kappa shape index (κ3) is 8.78. The lowest BCUT2D eigenvalue weighted by atomic mass is 9.96. The number of ether oxygens (including phenoxy) is 5. The van der Waals surface area contributed by atoms with Gasteiger partial charge in [-0.05, 0) is 6.42 Å². The van der Waals surface area contributed by atoms with Crippen molar-refractivity contribution < 1.29 is 42.9 Å². The molecular formula is C19H31NO9. The molecule has 1 N–H and O–H groups in total. The van der Waals surface area contributed by atoms with Crippen molar-refractivity contribution in [2.75, 3.05) is 13.2 Å². The van der Waals surface area contributed by atoms with Crippen molar-refractivity contribution in [3.8, 4) is 0 Å². The van der Waals surface area contributed by atoms with Crippen LogP contribution in [0.2, 0.25) is 0 Å². The average Bonchev–Trinajstić information content (AvgIpc) is 2.60. The molecule has 0 aromatic rings. The lowest BCUT2D eigenvalue weighted by Gasteiger charge is -2.44. The second-order valence-electron chi connectivity index (χ2n) is 6.80. The largest absolute Gasteiger partial charge is 0.463 e. The second-order valence-corrected chi connectivity index (χ2v) is 6.80. The number of amides is 1. The molecule has 0 spiro atoms. The lowest BCUT2D eigenvalue weighted by molar-refractivity contribution is -0.277. The predicted molar refractivity (Wildman–Crippen MR) is 99.5 cm³/mol. The summed E-state index contributed by atoms with van der Waals surface area (Å²) in [7, 11) is 0. The highest BCUT2D eigenvalue weighted by Crippen LogP contribution is 2.28. The van der Waals surface area contributed by atoms with Gasteiger partial charge in [0.1, 0.15) is 18.8 Å². The summed E-state index contributed by atoms with van der Waals surface area (Å²) in [6, 6.07) is -0.920. The first-order chi connectivity index (χ1) is 13.6. The summed E-state index contributed by atoms with van der Waals surface area (Å²) >= 11 is 0. The SMILES string of the molecule is CCCCCO[C@@H]1O[C@@H](COC(C)=O)[C@@H](OC(C)=O)[C@@H](OC(C)=O)[C@@H]1NC(C)=O. The molecule has 0 bridgehead atoms. The Kier molecular flexibility index (Phi) is 10.6. The van der Waals surface area contributed by atoms with Gasteiger partial charge in [-0.2, -0.15) is 0 Å². The maximum Gasteiger partial charge on any atom is 0.303 e. The van der Waals surface area contributed by atoms with Gasteiger partial charge in [-0.25, -0.2) is 0 Å². The maximum absolute atomic E-state index is 11.8. The summed E-state index contributed by atoms with van der Waals surface area (Å²) in [5, 5.41) is 2.65. The first kappa shape index (κ1) is 24.8. The fraction of sp³-hybridized carbons (Fsp3) is 0.789. The Labute approximate surface area is 170 Å². The van der Waals surface area contributed by atoms with E-state index in [-0.39, 0.29) is 6.61 Å². The van der Waals surface area contributed by atoms with Crippen molar-refractivity contribution in [1.29, 1.82) is 0 Å². The third-order valence-electron chi connectivity index (χ3n) is 4.10. The van der Waals surface area contributed by atoms with Crippen LogP contribution in [0, 0.1) is 0 Å². The fourth-order valence-electron chi connectivity index (χ4n) is 2.98. The number of esters is 3. The number of unbranched alkanes of at least 4 members (excludes halogenated alkanes) is 2. The van der Waals surface area contributed by atoms with Crippen LogP contribution >= 0.6 is 0 Å². The van der Waals surface area contributed by atoms with E-state index < -0.39 is 54.5 Å². The molecule has 1 rings (SSSR count). The number of hydrogen-bond donors (Lipinski definition) is 1. The second kappa shape index (κ2) is 12.4. The molecule has 10 heteroatoms. The Morgan fingerprint density at radius 2 is 1.52 bits per heavy atom. The van der Waals surface area contributed by atoms with Crippen LogP contribution in [0.3, 0.4) is 0 Å². The molecule has 0 aromatic carbocycles. The molecule has 10 nitrogen and oxygen atoms in total. The molecule has 1 fully saturated rings. The van der Waals surface area contributed by atoms with Crippen LogP contribution in [0.4, 0.5) is 0 Å². The van der Waals surface area contributed by atoms with Crippen molar-refractivity contribution in [3.05, 3.63) is 0 Å². The molecule has 0 unspecified atom stereocenters. The molecule has 1 saturated heterocycles. The molecule has 0 saturated carbocycles. The molecule has 0 radical (unpaired) electrons. The van der Waals surface area contributed by atoms with Crippen molar-refractivity contribution in [2.24, 2.45) is 0 Å². The molecule has 166 valence electrons. The molecule has 1 aliphatic heterocycles. The van der Waals surface area contributed by atoms with E-state index in [0.717, 1.165) is 19.3 Å². The van der Waals surface area contributed by atoms with Gasteiger partial charge in [-0.15, -0.1) is 0 Å². The first-order valence-corrected chi connectivity index (χ1v) is 9.67. The number of carbonyl (C=O) groups excluding carboxylic acids is 4. The molecule has 29 heavy (non-hydrogen) atoms. The molecule has 1 aliphatic rings. The van der Waals surface area contributed by atoms with Crippen molar-refractivity contribution >= 4 is 23.8 Å². The third-order valence-corrected chi connectivity index (χ3v) is 4.10. The van der Waals surface area contributed by atoms with Gasteiger partial charge in [0, 0.05) is 34.3 Å². The Morgan fingerprint density at radius 1 is 0.897 bits per heavy atom. The predicted octanol–water partition coefficient (Wildman–Crippen LogP) is 0.849. The summed E-state index contributed by atoms with van der Waals surface area (Å²) in [6.45, 7) is 7.06.